The summed E-state index contributed by atoms with van der Waals surface area (Å²) in [5, 5.41) is 31.8. The summed E-state index contributed by atoms with van der Waals surface area (Å²) in [6, 6.07) is 6.87. The number of nitro benzene ring substituents is 2. The first-order valence-corrected chi connectivity index (χ1v) is 10.3. The van der Waals surface area contributed by atoms with Crippen molar-refractivity contribution in [3.8, 4) is 11.3 Å². The highest BCUT2D eigenvalue weighted by atomic mass is 35.5. The fourth-order valence-electron chi connectivity index (χ4n) is 2.98. The normalized spacial score (nSPS) is 11.0. The van der Waals surface area contributed by atoms with E-state index in [1.165, 1.54) is 22.8 Å². The topological polar surface area (TPSA) is 146 Å². The molecule has 0 aliphatic heterocycles. The minimum absolute atomic E-state index is 0.0906. The molecule has 14 heteroatoms. The fourth-order valence-corrected chi connectivity index (χ4v) is 4.19. The number of nitrogens with one attached hydrogen (secondary N) is 1. The number of nitro groups is 2. The van der Waals surface area contributed by atoms with E-state index in [-0.39, 0.29) is 17.1 Å². The lowest BCUT2D eigenvalue weighted by Crippen LogP contribution is -2.14. The number of carbonyl (C=O) groups excluding carboxylic acids is 1. The maximum atomic E-state index is 12.6. The molecule has 0 radical (unpaired) electrons. The molecule has 0 saturated heterocycles. The number of fused-ring (bicyclic) bond motifs is 1. The van der Waals surface area contributed by atoms with Crippen LogP contribution in [0, 0.1) is 27.2 Å². The largest absolute Gasteiger partial charge is 0.289 e. The maximum absolute atomic E-state index is 12.6. The number of amides is 1. The monoisotopic (exact) mass is 492 g/mol. The zero-order valence-corrected chi connectivity index (χ0v) is 18.2. The number of nitrogens with zero attached hydrogens (tertiary/aromatic N) is 5. The van der Waals surface area contributed by atoms with Gasteiger partial charge in [-0.1, -0.05) is 23.2 Å². The molecule has 11 nitrogen and oxygen atoms in total. The average Bonchev–Trinajstić information content (AvgIpc) is 3.29. The van der Waals surface area contributed by atoms with Crippen LogP contribution in [0.2, 0.25) is 10.0 Å². The predicted molar refractivity (Wildman–Crippen MR) is 119 cm³/mol. The molecule has 1 amide bonds. The summed E-state index contributed by atoms with van der Waals surface area (Å²) in [4.78, 5) is 38.2. The smallest absolute Gasteiger partial charge is 0.279 e. The molecule has 2 aromatic heterocycles. The molecule has 4 rings (SSSR count). The predicted octanol–water partition coefficient (Wildman–Crippen LogP) is 5.14. The molecule has 162 valence electrons. The third-order valence-electron chi connectivity index (χ3n) is 4.52. The number of thiazole rings is 1. The SMILES string of the molecule is Cc1c([N+](=O)[O-])cc(C(=O)Nc2nc3scc(-c4cc(Cl)ccc4Cl)n3n2)cc1[N+](=O)[O-]. The molecule has 0 bridgehead atoms. The van der Waals surface area contributed by atoms with E-state index in [9.17, 15) is 25.0 Å². The highest BCUT2D eigenvalue weighted by molar-refractivity contribution is 7.15. The molecular weight excluding hydrogens is 483 g/mol. The van der Waals surface area contributed by atoms with Gasteiger partial charge in [0, 0.05) is 28.1 Å². The quantitative estimate of drug-likeness (QED) is 0.299. The van der Waals surface area contributed by atoms with Gasteiger partial charge in [0.15, 0.2) is 0 Å². The van der Waals surface area contributed by atoms with Crippen molar-refractivity contribution in [2.45, 2.75) is 6.92 Å². The number of aromatic nitrogens is 3. The molecule has 4 aromatic rings. The van der Waals surface area contributed by atoms with Gasteiger partial charge in [-0.25, -0.2) is 4.52 Å². The number of rotatable bonds is 5. The van der Waals surface area contributed by atoms with E-state index in [0.29, 0.717) is 26.3 Å². The Morgan fingerprint density at radius 3 is 2.41 bits per heavy atom. The van der Waals surface area contributed by atoms with Crippen molar-refractivity contribution in [1.82, 2.24) is 14.6 Å². The van der Waals surface area contributed by atoms with Crippen LogP contribution in [0.25, 0.3) is 16.2 Å². The zero-order chi connectivity index (χ0) is 23.2. The van der Waals surface area contributed by atoms with Gasteiger partial charge in [-0.3, -0.25) is 30.3 Å². The van der Waals surface area contributed by atoms with Gasteiger partial charge < -0.3 is 0 Å². The Kier molecular flexibility index (Phi) is 5.50. The molecular formula is C18H10Cl2N6O5S. The van der Waals surface area contributed by atoms with Gasteiger partial charge in [-0.15, -0.1) is 16.4 Å². The zero-order valence-electron chi connectivity index (χ0n) is 15.9. The summed E-state index contributed by atoms with van der Waals surface area (Å²) in [6.45, 7) is 1.24. The average molecular weight is 493 g/mol. The lowest BCUT2D eigenvalue weighted by atomic mass is 10.1. The van der Waals surface area contributed by atoms with Crippen LogP contribution in [0.15, 0.2) is 35.7 Å². The van der Waals surface area contributed by atoms with Crippen LogP contribution in [0.5, 0.6) is 0 Å². The third-order valence-corrected chi connectivity index (χ3v) is 5.90. The van der Waals surface area contributed by atoms with Crippen molar-refractivity contribution in [1.29, 1.82) is 0 Å². The Hall–Kier alpha value is -3.61. The molecule has 0 aliphatic carbocycles. The summed E-state index contributed by atoms with van der Waals surface area (Å²) in [5.41, 5.74) is -0.308. The van der Waals surface area contributed by atoms with Crippen LogP contribution in [0.4, 0.5) is 17.3 Å². The second kappa shape index (κ2) is 8.15. The van der Waals surface area contributed by atoms with E-state index in [1.807, 2.05) is 0 Å². The van der Waals surface area contributed by atoms with Gasteiger partial charge in [-0.05, 0) is 25.1 Å². The first-order valence-electron chi connectivity index (χ1n) is 8.70. The Morgan fingerprint density at radius 2 is 1.78 bits per heavy atom. The summed E-state index contributed by atoms with van der Waals surface area (Å²) in [6.07, 6.45) is 0. The van der Waals surface area contributed by atoms with Gasteiger partial charge in [0.1, 0.15) is 5.56 Å². The van der Waals surface area contributed by atoms with Gasteiger partial charge in [-0.2, -0.15) is 4.98 Å². The summed E-state index contributed by atoms with van der Waals surface area (Å²) in [7, 11) is 0. The molecule has 0 atom stereocenters. The van der Waals surface area contributed by atoms with Crippen molar-refractivity contribution in [2.24, 2.45) is 0 Å². The third kappa shape index (κ3) is 3.86. The first-order chi connectivity index (χ1) is 15.2. The Labute approximate surface area is 192 Å². The molecule has 0 saturated carbocycles. The molecule has 0 aliphatic rings. The van der Waals surface area contributed by atoms with Gasteiger partial charge in [0.25, 0.3) is 23.2 Å². The minimum Gasteiger partial charge on any atom is -0.289 e. The van der Waals surface area contributed by atoms with Crippen molar-refractivity contribution >= 4 is 62.7 Å². The molecule has 2 aromatic carbocycles. The first kappa shape index (κ1) is 21.6. The van der Waals surface area contributed by atoms with Crippen molar-refractivity contribution in [3.63, 3.8) is 0 Å². The number of anilines is 1. The molecule has 0 fully saturated rings. The maximum Gasteiger partial charge on any atom is 0.279 e. The summed E-state index contributed by atoms with van der Waals surface area (Å²) < 4.78 is 1.46. The van der Waals surface area contributed by atoms with Gasteiger partial charge in [0.2, 0.25) is 4.96 Å². The van der Waals surface area contributed by atoms with Crippen molar-refractivity contribution in [3.05, 3.63) is 77.1 Å². The van der Waals surface area contributed by atoms with Crippen molar-refractivity contribution < 1.29 is 14.6 Å². The van der Waals surface area contributed by atoms with Gasteiger partial charge in [0.05, 0.1) is 26.1 Å². The molecule has 2 heterocycles. The van der Waals surface area contributed by atoms with E-state index >= 15 is 0 Å². The van der Waals surface area contributed by atoms with Crippen LogP contribution < -0.4 is 5.32 Å². The number of hydrogen-bond donors (Lipinski definition) is 1. The Morgan fingerprint density at radius 1 is 1.12 bits per heavy atom. The molecule has 1 N–H and O–H groups in total. The highest BCUT2D eigenvalue weighted by Gasteiger charge is 2.26. The van der Waals surface area contributed by atoms with Gasteiger partial charge >= 0.3 is 0 Å². The molecule has 0 unspecified atom stereocenters. The lowest BCUT2D eigenvalue weighted by Gasteiger charge is -2.05. The van der Waals surface area contributed by atoms with E-state index in [4.69, 9.17) is 23.2 Å². The Balaban J connectivity index is 1.70. The highest BCUT2D eigenvalue weighted by Crippen LogP contribution is 2.34. The van der Waals surface area contributed by atoms with Crippen molar-refractivity contribution in [2.75, 3.05) is 5.32 Å². The number of benzene rings is 2. The second-order valence-corrected chi connectivity index (χ2v) is 8.16. The van der Waals surface area contributed by atoms with E-state index in [1.54, 1.807) is 23.6 Å². The van der Waals surface area contributed by atoms with Crippen LogP contribution in [0.3, 0.4) is 0 Å². The van der Waals surface area contributed by atoms with Crippen LogP contribution in [-0.2, 0) is 0 Å². The number of hydrogen-bond acceptors (Lipinski definition) is 8. The Bertz CT molecular complexity index is 1400. The van der Waals surface area contributed by atoms with Crippen LogP contribution in [0.1, 0.15) is 15.9 Å². The standard InChI is InChI=1S/C18H10Cl2N6O5S/c1-8-13(25(28)29)4-9(5-14(8)26(30)31)16(27)21-17-22-18-24(23-17)15(7-32-18)11-6-10(19)2-3-12(11)20/h2-7H,1H3,(H,21,23,27). The number of carbonyl (C=O) groups is 1. The second-order valence-electron chi connectivity index (χ2n) is 6.48. The summed E-state index contributed by atoms with van der Waals surface area (Å²) >= 11 is 13.6. The van der Waals surface area contributed by atoms with E-state index < -0.39 is 27.1 Å². The van der Waals surface area contributed by atoms with E-state index in [2.05, 4.69) is 15.4 Å². The van der Waals surface area contributed by atoms with Crippen LogP contribution in [-0.4, -0.2) is 30.4 Å². The minimum atomic E-state index is -0.836. The fraction of sp³-hybridized carbons (Fsp3) is 0.0556. The lowest BCUT2D eigenvalue weighted by molar-refractivity contribution is -0.395. The summed E-state index contributed by atoms with van der Waals surface area (Å²) in [5.74, 6) is -0.927. The number of halogens is 2. The molecule has 32 heavy (non-hydrogen) atoms. The van der Waals surface area contributed by atoms with E-state index in [0.717, 1.165) is 12.1 Å². The molecule has 0 spiro atoms. The van der Waals surface area contributed by atoms with Crippen LogP contribution >= 0.6 is 34.5 Å².